The maximum absolute atomic E-state index is 13.2. The molecule has 1 heterocycles. The number of halogens is 1. The molecule has 1 atom stereocenters. The SMILES string of the molecule is CC1CCN(c2ccc(F)cc2C(C)O)CC1. The molecule has 0 spiro atoms. The fourth-order valence-corrected chi connectivity index (χ4v) is 2.40. The lowest BCUT2D eigenvalue weighted by atomic mass is 9.97. The number of benzene rings is 1. The Balaban J connectivity index is 2.25. The summed E-state index contributed by atoms with van der Waals surface area (Å²) in [5.41, 5.74) is 1.67. The Morgan fingerprint density at radius 1 is 1.35 bits per heavy atom. The molecule has 94 valence electrons. The summed E-state index contributed by atoms with van der Waals surface area (Å²) in [7, 11) is 0. The molecule has 1 saturated heterocycles. The number of aliphatic hydroxyl groups excluding tert-OH is 1. The highest BCUT2D eigenvalue weighted by Crippen LogP contribution is 2.30. The second-order valence-electron chi connectivity index (χ2n) is 5.05. The van der Waals surface area contributed by atoms with Crippen molar-refractivity contribution in [3.05, 3.63) is 29.6 Å². The quantitative estimate of drug-likeness (QED) is 0.854. The first-order chi connectivity index (χ1) is 8.08. The van der Waals surface area contributed by atoms with E-state index in [-0.39, 0.29) is 5.82 Å². The van der Waals surface area contributed by atoms with Crippen LogP contribution < -0.4 is 4.90 Å². The third-order valence-electron chi connectivity index (χ3n) is 3.56. The zero-order valence-electron chi connectivity index (χ0n) is 10.5. The van der Waals surface area contributed by atoms with Gasteiger partial charge in [0.1, 0.15) is 5.82 Å². The van der Waals surface area contributed by atoms with E-state index in [0.717, 1.165) is 37.5 Å². The van der Waals surface area contributed by atoms with E-state index in [4.69, 9.17) is 0 Å². The molecule has 0 radical (unpaired) electrons. The van der Waals surface area contributed by atoms with E-state index >= 15 is 0 Å². The number of nitrogens with zero attached hydrogens (tertiary/aromatic N) is 1. The Bertz CT molecular complexity index is 384. The lowest BCUT2D eigenvalue weighted by Gasteiger charge is -2.34. The van der Waals surface area contributed by atoms with Gasteiger partial charge in [-0.1, -0.05) is 6.92 Å². The molecule has 0 aromatic heterocycles. The predicted molar refractivity (Wildman–Crippen MR) is 67.6 cm³/mol. The molecule has 1 aromatic carbocycles. The third kappa shape index (κ3) is 2.78. The van der Waals surface area contributed by atoms with Crippen LogP contribution in [0.4, 0.5) is 10.1 Å². The Kier molecular flexibility index (Phi) is 3.67. The van der Waals surface area contributed by atoms with Gasteiger partial charge in [0, 0.05) is 24.3 Å². The number of hydrogen-bond donors (Lipinski definition) is 1. The number of aliphatic hydroxyl groups is 1. The third-order valence-corrected chi connectivity index (χ3v) is 3.56. The van der Waals surface area contributed by atoms with Crippen molar-refractivity contribution in [2.24, 2.45) is 5.92 Å². The molecular formula is C14H20FNO. The lowest BCUT2D eigenvalue weighted by molar-refractivity contribution is 0.199. The van der Waals surface area contributed by atoms with E-state index in [2.05, 4.69) is 11.8 Å². The maximum atomic E-state index is 13.2. The zero-order valence-corrected chi connectivity index (χ0v) is 10.5. The van der Waals surface area contributed by atoms with Gasteiger partial charge in [-0.15, -0.1) is 0 Å². The largest absolute Gasteiger partial charge is 0.389 e. The zero-order chi connectivity index (χ0) is 12.4. The normalized spacial score (nSPS) is 19.4. The highest BCUT2D eigenvalue weighted by atomic mass is 19.1. The molecule has 1 aliphatic rings. The molecule has 1 N–H and O–H groups in total. The molecule has 2 rings (SSSR count). The van der Waals surface area contributed by atoms with Crippen LogP contribution in [0.1, 0.15) is 38.4 Å². The van der Waals surface area contributed by atoms with Gasteiger partial charge < -0.3 is 10.0 Å². The molecule has 17 heavy (non-hydrogen) atoms. The molecule has 0 aliphatic carbocycles. The van der Waals surface area contributed by atoms with Gasteiger partial charge in [-0.3, -0.25) is 0 Å². The molecular weight excluding hydrogens is 217 g/mol. The summed E-state index contributed by atoms with van der Waals surface area (Å²) in [6, 6.07) is 4.70. The van der Waals surface area contributed by atoms with Crippen molar-refractivity contribution in [1.29, 1.82) is 0 Å². The van der Waals surface area contributed by atoms with Gasteiger partial charge in [0.2, 0.25) is 0 Å². The molecule has 1 aliphatic heterocycles. The van der Waals surface area contributed by atoms with Crippen molar-refractivity contribution in [3.8, 4) is 0 Å². The van der Waals surface area contributed by atoms with Gasteiger partial charge in [0.05, 0.1) is 6.10 Å². The Morgan fingerprint density at radius 3 is 2.59 bits per heavy atom. The molecule has 0 saturated carbocycles. The van der Waals surface area contributed by atoms with E-state index in [0.29, 0.717) is 5.56 Å². The van der Waals surface area contributed by atoms with Crippen LogP contribution in [0.15, 0.2) is 18.2 Å². The van der Waals surface area contributed by atoms with Crippen LogP contribution in [0, 0.1) is 11.7 Å². The molecule has 1 unspecified atom stereocenters. The van der Waals surface area contributed by atoms with Gasteiger partial charge >= 0.3 is 0 Å². The standard InChI is InChI=1S/C14H20FNO/c1-10-5-7-16(8-6-10)14-4-3-12(15)9-13(14)11(2)17/h3-4,9-11,17H,5-8H2,1-2H3. The van der Waals surface area contributed by atoms with Crippen LogP contribution in [0.25, 0.3) is 0 Å². The summed E-state index contributed by atoms with van der Waals surface area (Å²) in [6.45, 7) is 5.93. The second kappa shape index (κ2) is 5.05. The van der Waals surface area contributed by atoms with E-state index in [1.807, 2.05) is 0 Å². The first kappa shape index (κ1) is 12.4. The highest BCUT2D eigenvalue weighted by Gasteiger charge is 2.20. The van der Waals surface area contributed by atoms with Crippen molar-refractivity contribution in [1.82, 2.24) is 0 Å². The van der Waals surface area contributed by atoms with Gasteiger partial charge in [-0.2, -0.15) is 0 Å². The number of rotatable bonds is 2. The average molecular weight is 237 g/mol. The van der Waals surface area contributed by atoms with Crippen molar-refractivity contribution >= 4 is 5.69 Å². The number of hydrogen-bond acceptors (Lipinski definition) is 2. The summed E-state index contributed by atoms with van der Waals surface area (Å²) < 4.78 is 13.2. The summed E-state index contributed by atoms with van der Waals surface area (Å²) in [5, 5.41) is 9.72. The molecule has 1 fully saturated rings. The second-order valence-corrected chi connectivity index (χ2v) is 5.05. The summed E-state index contributed by atoms with van der Waals surface area (Å²) in [4.78, 5) is 2.25. The summed E-state index contributed by atoms with van der Waals surface area (Å²) in [5.74, 6) is 0.483. The average Bonchev–Trinajstić information content (AvgIpc) is 2.30. The molecule has 3 heteroatoms. The Morgan fingerprint density at radius 2 is 2.00 bits per heavy atom. The first-order valence-electron chi connectivity index (χ1n) is 6.30. The van der Waals surface area contributed by atoms with E-state index < -0.39 is 6.10 Å². The minimum Gasteiger partial charge on any atom is -0.389 e. The van der Waals surface area contributed by atoms with E-state index in [9.17, 15) is 9.50 Å². The van der Waals surface area contributed by atoms with Crippen LogP contribution in [-0.4, -0.2) is 18.2 Å². The van der Waals surface area contributed by atoms with Crippen molar-refractivity contribution in [2.45, 2.75) is 32.8 Å². The minimum atomic E-state index is -0.625. The molecule has 0 amide bonds. The summed E-state index contributed by atoms with van der Waals surface area (Å²) in [6.07, 6.45) is 1.70. The Labute approximate surface area is 102 Å². The van der Waals surface area contributed by atoms with Crippen LogP contribution in [0.3, 0.4) is 0 Å². The molecule has 2 nitrogen and oxygen atoms in total. The maximum Gasteiger partial charge on any atom is 0.123 e. The van der Waals surface area contributed by atoms with Gasteiger partial charge in [-0.25, -0.2) is 4.39 Å². The van der Waals surface area contributed by atoms with Gasteiger partial charge in [-0.05, 0) is 43.9 Å². The molecule has 1 aromatic rings. The van der Waals surface area contributed by atoms with Crippen molar-refractivity contribution in [3.63, 3.8) is 0 Å². The summed E-state index contributed by atoms with van der Waals surface area (Å²) >= 11 is 0. The van der Waals surface area contributed by atoms with Gasteiger partial charge in [0.15, 0.2) is 0 Å². The fraction of sp³-hybridized carbons (Fsp3) is 0.571. The van der Waals surface area contributed by atoms with Crippen LogP contribution in [0.5, 0.6) is 0 Å². The minimum absolute atomic E-state index is 0.282. The Hall–Kier alpha value is -1.09. The fourth-order valence-electron chi connectivity index (χ4n) is 2.40. The highest BCUT2D eigenvalue weighted by molar-refractivity contribution is 5.55. The number of anilines is 1. The van der Waals surface area contributed by atoms with Gasteiger partial charge in [0.25, 0.3) is 0 Å². The van der Waals surface area contributed by atoms with Crippen LogP contribution in [0.2, 0.25) is 0 Å². The predicted octanol–water partition coefficient (Wildman–Crippen LogP) is 3.12. The topological polar surface area (TPSA) is 23.5 Å². The number of piperidine rings is 1. The lowest BCUT2D eigenvalue weighted by Crippen LogP contribution is -2.33. The monoisotopic (exact) mass is 237 g/mol. The van der Waals surface area contributed by atoms with Crippen molar-refractivity contribution < 1.29 is 9.50 Å². The van der Waals surface area contributed by atoms with Crippen LogP contribution in [-0.2, 0) is 0 Å². The van der Waals surface area contributed by atoms with E-state index in [1.54, 1.807) is 13.0 Å². The molecule has 0 bridgehead atoms. The van der Waals surface area contributed by atoms with Crippen LogP contribution >= 0.6 is 0 Å². The first-order valence-corrected chi connectivity index (χ1v) is 6.30. The van der Waals surface area contributed by atoms with E-state index in [1.165, 1.54) is 12.1 Å². The van der Waals surface area contributed by atoms with Crippen molar-refractivity contribution in [2.75, 3.05) is 18.0 Å². The smallest absolute Gasteiger partial charge is 0.123 e.